The number of nitrogens with one attached hydrogen (secondary N) is 2. The maximum absolute atomic E-state index is 11.9. The van der Waals surface area contributed by atoms with Gasteiger partial charge in [-0.25, -0.2) is 4.99 Å². The Bertz CT molecular complexity index is 592. The van der Waals surface area contributed by atoms with Crippen LogP contribution in [0.25, 0.3) is 0 Å². The number of hydrogen-bond acceptors (Lipinski definition) is 5. The van der Waals surface area contributed by atoms with Gasteiger partial charge in [-0.05, 0) is 31.9 Å². The summed E-state index contributed by atoms with van der Waals surface area (Å²) < 4.78 is 5.22. The number of carbonyl (C=O) groups excluding carboxylic acids is 1. The van der Waals surface area contributed by atoms with Crippen LogP contribution in [-0.4, -0.2) is 78.6 Å². The van der Waals surface area contributed by atoms with Gasteiger partial charge < -0.3 is 25.1 Å². The Morgan fingerprint density at radius 3 is 2.77 bits per heavy atom. The van der Waals surface area contributed by atoms with E-state index in [1.165, 1.54) is 0 Å². The van der Waals surface area contributed by atoms with Gasteiger partial charge in [-0.2, -0.15) is 0 Å². The highest BCUT2D eigenvalue weighted by Gasteiger charge is 2.26. The average molecular weight is 363 g/mol. The Hall–Kier alpha value is -2.06. The molecule has 1 atom stereocenters. The van der Waals surface area contributed by atoms with Crippen LogP contribution >= 0.6 is 0 Å². The lowest BCUT2D eigenvalue weighted by molar-refractivity contribution is -0.122. The first-order valence-corrected chi connectivity index (χ1v) is 9.42. The fraction of sp³-hybridized carbons (Fsp3) is 0.667. The predicted octanol–water partition coefficient (Wildman–Crippen LogP) is 0.175. The molecule has 3 N–H and O–H groups in total. The van der Waals surface area contributed by atoms with Crippen molar-refractivity contribution in [2.24, 2.45) is 4.99 Å². The van der Waals surface area contributed by atoms with E-state index in [0.29, 0.717) is 18.3 Å². The smallest absolute Gasteiger partial charge is 0.234 e. The first-order valence-electron chi connectivity index (χ1n) is 9.42. The topological polar surface area (TPSA) is 93.3 Å². The van der Waals surface area contributed by atoms with Crippen molar-refractivity contribution in [3.8, 4) is 0 Å². The summed E-state index contributed by atoms with van der Waals surface area (Å²) in [5, 5.41) is 16.5. The lowest BCUT2D eigenvalue weighted by atomic mass is 10.3. The first kappa shape index (κ1) is 18.7. The number of carbonyl (C=O) groups is 1. The quantitative estimate of drug-likeness (QED) is 0.473. The van der Waals surface area contributed by atoms with E-state index in [2.05, 4.69) is 25.4 Å². The van der Waals surface area contributed by atoms with E-state index in [-0.39, 0.29) is 12.5 Å². The van der Waals surface area contributed by atoms with Gasteiger partial charge in [-0.15, -0.1) is 0 Å². The molecule has 3 rings (SSSR count). The zero-order valence-electron chi connectivity index (χ0n) is 15.4. The highest BCUT2D eigenvalue weighted by molar-refractivity contribution is 5.80. The normalized spacial score (nSPS) is 20.1. The van der Waals surface area contributed by atoms with Gasteiger partial charge in [0.1, 0.15) is 11.9 Å². The lowest BCUT2D eigenvalue weighted by Gasteiger charge is -2.36. The molecular formula is C18H29N5O3. The summed E-state index contributed by atoms with van der Waals surface area (Å²) in [6, 6.07) is 3.92. The maximum Gasteiger partial charge on any atom is 0.234 e. The third kappa shape index (κ3) is 5.47. The van der Waals surface area contributed by atoms with E-state index < -0.39 is 6.10 Å². The van der Waals surface area contributed by atoms with Gasteiger partial charge in [0.25, 0.3) is 0 Å². The van der Waals surface area contributed by atoms with Crippen LogP contribution in [0.2, 0.25) is 0 Å². The minimum absolute atomic E-state index is 0.128. The van der Waals surface area contributed by atoms with Crippen LogP contribution in [0.3, 0.4) is 0 Å². The molecule has 0 spiro atoms. The fourth-order valence-corrected chi connectivity index (χ4v) is 2.99. The largest absolute Gasteiger partial charge is 0.467 e. The van der Waals surface area contributed by atoms with Crippen molar-refractivity contribution in [2.75, 3.05) is 45.8 Å². The molecule has 1 saturated carbocycles. The molecule has 1 saturated heterocycles. The molecule has 0 bridgehead atoms. The number of nitrogens with zero attached hydrogens (tertiary/aromatic N) is 3. The van der Waals surface area contributed by atoms with Crippen molar-refractivity contribution in [2.45, 2.75) is 31.9 Å². The molecule has 1 aromatic heterocycles. The van der Waals surface area contributed by atoms with Gasteiger partial charge in [0.15, 0.2) is 5.96 Å². The molecule has 2 aliphatic rings. The second-order valence-electron chi connectivity index (χ2n) is 6.83. The molecule has 1 unspecified atom stereocenters. The van der Waals surface area contributed by atoms with E-state index >= 15 is 0 Å². The van der Waals surface area contributed by atoms with Gasteiger partial charge in [0.05, 0.1) is 19.4 Å². The summed E-state index contributed by atoms with van der Waals surface area (Å²) in [7, 11) is 0. The van der Waals surface area contributed by atoms with Crippen LogP contribution in [0.15, 0.2) is 27.8 Å². The predicted molar refractivity (Wildman–Crippen MR) is 98.8 cm³/mol. The summed E-state index contributed by atoms with van der Waals surface area (Å²) >= 11 is 0. The molecule has 1 amide bonds. The molecular weight excluding hydrogens is 334 g/mol. The fourth-order valence-electron chi connectivity index (χ4n) is 2.99. The average Bonchev–Trinajstić information content (AvgIpc) is 3.27. The number of rotatable bonds is 7. The number of furan rings is 1. The molecule has 26 heavy (non-hydrogen) atoms. The number of guanidine groups is 1. The summed E-state index contributed by atoms with van der Waals surface area (Å²) in [4.78, 5) is 20.8. The number of aliphatic hydroxyl groups is 1. The Kier molecular flexibility index (Phi) is 6.51. The number of aliphatic hydroxyl groups excluding tert-OH is 1. The van der Waals surface area contributed by atoms with Crippen molar-refractivity contribution in [1.82, 2.24) is 20.4 Å². The number of amides is 1. The molecule has 2 heterocycles. The third-order valence-electron chi connectivity index (χ3n) is 4.60. The molecule has 0 radical (unpaired) electrons. The zero-order valence-corrected chi connectivity index (χ0v) is 15.4. The highest BCUT2D eigenvalue weighted by atomic mass is 16.4. The Labute approximate surface area is 154 Å². The van der Waals surface area contributed by atoms with Gasteiger partial charge in [-0.1, -0.05) is 0 Å². The molecule has 2 fully saturated rings. The van der Waals surface area contributed by atoms with E-state index in [1.54, 1.807) is 18.4 Å². The third-order valence-corrected chi connectivity index (χ3v) is 4.60. The van der Waals surface area contributed by atoms with Crippen LogP contribution in [0.5, 0.6) is 0 Å². The monoisotopic (exact) mass is 363 g/mol. The van der Waals surface area contributed by atoms with Gasteiger partial charge in [0.2, 0.25) is 5.91 Å². The van der Waals surface area contributed by atoms with Crippen molar-refractivity contribution < 1.29 is 14.3 Å². The minimum atomic E-state index is -0.744. The van der Waals surface area contributed by atoms with E-state index in [9.17, 15) is 9.90 Å². The number of aliphatic imine (C=N–C) groups is 1. The molecule has 144 valence electrons. The summed E-state index contributed by atoms with van der Waals surface area (Å²) in [6.45, 7) is 6.76. The van der Waals surface area contributed by atoms with Crippen molar-refractivity contribution in [3.63, 3.8) is 0 Å². The first-order chi connectivity index (χ1) is 12.7. The number of piperazine rings is 1. The van der Waals surface area contributed by atoms with Gasteiger partial charge in [-0.3, -0.25) is 9.69 Å². The van der Waals surface area contributed by atoms with E-state index in [0.717, 1.165) is 51.5 Å². The standard InChI is InChI=1S/C18H29N5O3/c1-2-19-18(20-12-15(24)16-4-3-11-26-16)23-9-7-22(8-10-23)13-17(25)21-14-5-6-14/h3-4,11,14-15,24H,2,5-10,12-13H2,1H3,(H,19,20)(H,21,25). The number of hydrogen-bond donors (Lipinski definition) is 3. The lowest BCUT2D eigenvalue weighted by Crippen LogP contribution is -2.54. The highest BCUT2D eigenvalue weighted by Crippen LogP contribution is 2.18. The summed E-state index contributed by atoms with van der Waals surface area (Å²) in [5.74, 6) is 1.44. The Balaban J connectivity index is 1.47. The van der Waals surface area contributed by atoms with Crippen molar-refractivity contribution >= 4 is 11.9 Å². The van der Waals surface area contributed by atoms with Crippen molar-refractivity contribution in [1.29, 1.82) is 0 Å². The molecule has 1 aliphatic heterocycles. The van der Waals surface area contributed by atoms with E-state index in [1.807, 2.05) is 6.92 Å². The maximum atomic E-state index is 11.9. The SMILES string of the molecule is CCNC(=NCC(O)c1ccco1)N1CCN(CC(=O)NC2CC2)CC1. The Morgan fingerprint density at radius 2 is 2.15 bits per heavy atom. The van der Waals surface area contributed by atoms with E-state index in [4.69, 9.17) is 4.42 Å². The van der Waals surface area contributed by atoms with Crippen LogP contribution in [0.1, 0.15) is 31.6 Å². The van der Waals surface area contributed by atoms with Crippen LogP contribution in [0.4, 0.5) is 0 Å². The second-order valence-corrected chi connectivity index (χ2v) is 6.83. The molecule has 8 heteroatoms. The van der Waals surface area contributed by atoms with Gasteiger partial charge in [0, 0.05) is 38.8 Å². The van der Waals surface area contributed by atoms with Crippen LogP contribution < -0.4 is 10.6 Å². The molecule has 0 aromatic carbocycles. The van der Waals surface area contributed by atoms with Crippen molar-refractivity contribution in [3.05, 3.63) is 24.2 Å². The van der Waals surface area contributed by atoms with Gasteiger partial charge >= 0.3 is 0 Å². The molecule has 8 nitrogen and oxygen atoms in total. The van der Waals surface area contributed by atoms with Crippen LogP contribution in [-0.2, 0) is 4.79 Å². The summed E-state index contributed by atoms with van der Waals surface area (Å²) in [6.07, 6.45) is 3.04. The second kappa shape index (κ2) is 9.05. The molecule has 1 aromatic rings. The zero-order chi connectivity index (χ0) is 18.4. The summed E-state index contributed by atoms with van der Waals surface area (Å²) in [5.41, 5.74) is 0. The molecule has 1 aliphatic carbocycles. The Morgan fingerprint density at radius 1 is 1.38 bits per heavy atom. The minimum Gasteiger partial charge on any atom is -0.467 e. The van der Waals surface area contributed by atoms with Crippen LogP contribution in [0, 0.1) is 0 Å².